The molecular weight excluding hydrogens is 102 g/mol. The van der Waals surface area contributed by atoms with Crippen LogP contribution in [-0.2, 0) is 4.84 Å². The molecule has 0 fully saturated rings. The first-order valence-electron chi connectivity index (χ1n) is 2.83. The Morgan fingerprint density at radius 1 is 1.38 bits per heavy atom. The molecule has 0 saturated carbocycles. The molecule has 0 aromatic heterocycles. The topological polar surface area (TPSA) is 31.5 Å². The van der Waals surface area contributed by atoms with Crippen LogP contribution in [0, 0.1) is 5.92 Å². The van der Waals surface area contributed by atoms with E-state index in [1.807, 2.05) is 27.7 Å². The Balaban J connectivity index is 3.71. The highest BCUT2D eigenvalue weighted by molar-refractivity contribution is 4.70. The molecule has 2 radical (unpaired) electrons. The van der Waals surface area contributed by atoms with Crippen LogP contribution in [-0.4, -0.2) is 5.60 Å². The second kappa shape index (κ2) is 2.46. The van der Waals surface area contributed by atoms with Gasteiger partial charge < -0.3 is 0 Å². The molecule has 0 atom stereocenters. The van der Waals surface area contributed by atoms with Crippen molar-refractivity contribution in [3.05, 3.63) is 0 Å². The van der Waals surface area contributed by atoms with Gasteiger partial charge in [-0.3, -0.25) is 4.84 Å². The van der Waals surface area contributed by atoms with E-state index in [1.54, 1.807) is 0 Å². The molecule has 2 nitrogen and oxygen atoms in total. The average Bonchev–Trinajstić information content (AvgIpc) is 1.67. The van der Waals surface area contributed by atoms with E-state index >= 15 is 0 Å². The molecule has 48 valence electrons. The Bertz CT molecular complexity index is 68.9. The highest BCUT2D eigenvalue weighted by Gasteiger charge is 2.22. The number of nitrogens with zero attached hydrogens (tertiary/aromatic N) is 1. The zero-order valence-corrected chi connectivity index (χ0v) is 5.93. The zero-order chi connectivity index (χ0) is 6.78. The third kappa shape index (κ3) is 1.80. The van der Waals surface area contributed by atoms with Crippen LogP contribution in [0.1, 0.15) is 27.7 Å². The highest BCUT2D eigenvalue weighted by Crippen LogP contribution is 2.17. The first kappa shape index (κ1) is 7.92. The molecule has 0 aliphatic rings. The van der Waals surface area contributed by atoms with Gasteiger partial charge in [-0.2, -0.15) is 0 Å². The van der Waals surface area contributed by atoms with Crippen molar-refractivity contribution in [3.8, 4) is 0 Å². The van der Waals surface area contributed by atoms with Gasteiger partial charge in [0, 0.05) is 5.90 Å². The van der Waals surface area contributed by atoms with E-state index in [2.05, 4.69) is 4.84 Å². The standard InChI is InChI=1S/C6H13NO/c1-5(2)6(3,4)8-7/h5H,1-4H3. The lowest BCUT2D eigenvalue weighted by atomic mass is 9.95. The van der Waals surface area contributed by atoms with Crippen LogP contribution in [0.5, 0.6) is 0 Å². The van der Waals surface area contributed by atoms with Crippen LogP contribution in [0.15, 0.2) is 0 Å². The minimum atomic E-state index is -0.403. The predicted molar refractivity (Wildman–Crippen MR) is 32.1 cm³/mol. The molecule has 0 saturated heterocycles. The summed E-state index contributed by atoms with van der Waals surface area (Å²) in [6.07, 6.45) is 0. The van der Waals surface area contributed by atoms with E-state index < -0.39 is 5.60 Å². The van der Waals surface area contributed by atoms with E-state index in [1.165, 1.54) is 0 Å². The van der Waals surface area contributed by atoms with Gasteiger partial charge in [-0.15, -0.1) is 0 Å². The van der Waals surface area contributed by atoms with Gasteiger partial charge in [-0.05, 0) is 19.8 Å². The monoisotopic (exact) mass is 115 g/mol. The molecule has 0 heterocycles. The van der Waals surface area contributed by atoms with E-state index in [0.717, 1.165) is 0 Å². The molecule has 0 aromatic carbocycles. The van der Waals surface area contributed by atoms with Gasteiger partial charge in [0.15, 0.2) is 0 Å². The minimum absolute atomic E-state index is 0.340. The summed E-state index contributed by atoms with van der Waals surface area (Å²) in [7, 11) is 0. The third-order valence-electron chi connectivity index (χ3n) is 1.63. The first-order chi connectivity index (χ1) is 3.50. The lowest BCUT2D eigenvalue weighted by Crippen LogP contribution is -2.30. The van der Waals surface area contributed by atoms with Crippen molar-refractivity contribution in [1.29, 1.82) is 0 Å². The molecule has 0 spiro atoms. The number of rotatable bonds is 2. The van der Waals surface area contributed by atoms with Gasteiger partial charge in [0.25, 0.3) is 0 Å². The maximum atomic E-state index is 8.26. The molecule has 0 aliphatic heterocycles. The van der Waals surface area contributed by atoms with Gasteiger partial charge in [0.1, 0.15) is 0 Å². The smallest absolute Gasteiger partial charge is 0.0901 e. The van der Waals surface area contributed by atoms with Crippen molar-refractivity contribution in [2.75, 3.05) is 0 Å². The summed E-state index contributed by atoms with van der Waals surface area (Å²) in [6, 6.07) is 0. The van der Waals surface area contributed by atoms with Gasteiger partial charge in [-0.1, -0.05) is 13.8 Å². The van der Waals surface area contributed by atoms with Gasteiger partial charge in [0.05, 0.1) is 5.60 Å². The fourth-order valence-corrected chi connectivity index (χ4v) is 0.105. The zero-order valence-electron chi connectivity index (χ0n) is 5.93. The summed E-state index contributed by atoms with van der Waals surface area (Å²) in [6.45, 7) is 7.68. The molecule has 8 heavy (non-hydrogen) atoms. The molecule has 0 amide bonds. The predicted octanol–water partition coefficient (Wildman–Crippen LogP) is 1.42. The van der Waals surface area contributed by atoms with Crippen molar-refractivity contribution in [2.24, 2.45) is 5.92 Å². The van der Waals surface area contributed by atoms with Crippen LogP contribution in [0.2, 0.25) is 0 Å². The number of hydrogen-bond donors (Lipinski definition) is 0. The van der Waals surface area contributed by atoms with Crippen LogP contribution in [0.25, 0.3) is 0 Å². The third-order valence-corrected chi connectivity index (χ3v) is 1.63. The Morgan fingerprint density at radius 3 is 1.75 bits per heavy atom. The van der Waals surface area contributed by atoms with Crippen molar-refractivity contribution < 1.29 is 4.84 Å². The maximum absolute atomic E-state index is 8.26. The summed E-state index contributed by atoms with van der Waals surface area (Å²) in [5, 5.41) is 0. The highest BCUT2D eigenvalue weighted by atomic mass is 16.6. The van der Waals surface area contributed by atoms with Crippen LogP contribution in [0.3, 0.4) is 0 Å². The van der Waals surface area contributed by atoms with Crippen LogP contribution in [0.4, 0.5) is 0 Å². The normalized spacial score (nSPS) is 12.8. The van der Waals surface area contributed by atoms with E-state index in [4.69, 9.17) is 5.90 Å². The van der Waals surface area contributed by atoms with Crippen molar-refractivity contribution >= 4 is 0 Å². The summed E-state index contributed by atoms with van der Waals surface area (Å²) < 4.78 is 0. The maximum Gasteiger partial charge on any atom is 0.0901 e. The van der Waals surface area contributed by atoms with Gasteiger partial charge in [-0.25, -0.2) is 0 Å². The van der Waals surface area contributed by atoms with Crippen LogP contribution >= 0.6 is 0 Å². The van der Waals surface area contributed by atoms with Crippen molar-refractivity contribution in [3.63, 3.8) is 0 Å². The second-order valence-corrected chi connectivity index (χ2v) is 2.85. The SMILES string of the molecule is CC(C)C(C)(C)O[N]. The Morgan fingerprint density at radius 2 is 1.75 bits per heavy atom. The summed E-state index contributed by atoms with van der Waals surface area (Å²) in [4.78, 5) is 4.20. The molecule has 0 unspecified atom stereocenters. The minimum Gasteiger partial charge on any atom is -0.257 e. The fourth-order valence-electron chi connectivity index (χ4n) is 0.105. The van der Waals surface area contributed by atoms with Gasteiger partial charge >= 0.3 is 0 Å². The Labute approximate surface area is 51.0 Å². The van der Waals surface area contributed by atoms with Crippen molar-refractivity contribution in [2.45, 2.75) is 33.3 Å². The largest absolute Gasteiger partial charge is 0.257 e. The second-order valence-electron chi connectivity index (χ2n) is 2.85. The van der Waals surface area contributed by atoms with E-state index in [-0.39, 0.29) is 0 Å². The molecule has 0 aromatic rings. The molecule has 0 rings (SSSR count). The van der Waals surface area contributed by atoms with E-state index in [9.17, 15) is 0 Å². The Hall–Kier alpha value is -0.0800. The van der Waals surface area contributed by atoms with Gasteiger partial charge in [0.2, 0.25) is 0 Å². The van der Waals surface area contributed by atoms with Crippen molar-refractivity contribution in [1.82, 2.24) is 5.90 Å². The lowest BCUT2D eigenvalue weighted by molar-refractivity contribution is -0.0647. The summed E-state index contributed by atoms with van der Waals surface area (Å²) in [5.74, 6) is 8.60. The average molecular weight is 115 g/mol. The molecule has 0 bridgehead atoms. The first-order valence-corrected chi connectivity index (χ1v) is 2.83. The number of hydrogen-bond acceptors (Lipinski definition) is 1. The molecular formula is C6H13NO. The lowest BCUT2D eigenvalue weighted by Gasteiger charge is -2.23. The summed E-state index contributed by atoms with van der Waals surface area (Å²) >= 11 is 0. The molecule has 0 aliphatic carbocycles. The quantitative estimate of drug-likeness (QED) is 0.501. The van der Waals surface area contributed by atoms with E-state index in [0.29, 0.717) is 5.92 Å². The fraction of sp³-hybridized carbons (Fsp3) is 1.00. The summed E-state index contributed by atoms with van der Waals surface area (Å²) in [5.41, 5.74) is -0.403. The molecule has 0 N–H and O–H groups in total. The molecule has 2 heteroatoms. The Kier molecular flexibility index (Phi) is 2.44. The van der Waals surface area contributed by atoms with Crippen LogP contribution < -0.4 is 5.90 Å².